The third kappa shape index (κ3) is 4.37. The van der Waals surface area contributed by atoms with Crippen LogP contribution in [-0.2, 0) is 0 Å². The van der Waals surface area contributed by atoms with Crippen molar-refractivity contribution in [2.75, 3.05) is 6.61 Å². The predicted molar refractivity (Wildman–Crippen MR) is 65.2 cm³/mol. The van der Waals surface area contributed by atoms with Crippen molar-refractivity contribution in [2.45, 2.75) is 39.0 Å². The van der Waals surface area contributed by atoms with Crippen molar-refractivity contribution in [3.8, 4) is 5.75 Å². The first-order chi connectivity index (χ1) is 7.24. The van der Waals surface area contributed by atoms with Gasteiger partial charge in [-0.1, -0.05) is 45.7 Å². The monoisotopic (exact) mass is 205 g/mol. The molecule has 1 heteroatoms. The van der Waals surface area contributed by atoms with Gasteiger partial charge in [0, 0.05) is 0 Å². The minimum Gasteiger partial charge on any atom is -0.494 e. The first-order valence-electron chi connectivity index (χ1n) is 5.76. The van der Waals surface area contributed by atoms with Crippen molar-refractivity contribution < 1.29 is 4.74 Å². The lowest BCUT2D eigenvalue weighted by atomic mass is 10.0. The van der Waals surface area contributed by atoms with Crippen LogP contribution in [0.4, 0.5) is 0 Å². The quantitative estimate of drug-likeness (QED) is 0.633. The van der Waals surface area contributed by atoms with Gasteiger partial charge in [-0.3, -0.25) is 0 Å². The summed E-state index contributed by atoms with van der Waals surface area (Å²) in [5.74, 6) is 1.56. The molecule has 1 rings (SSSR count). The molecule has 15 heavy (non-hydrogen) atoms. The van der Waals surface area contributed by atoms with E-state index in [-0.39, 0.29) is 0 Å². The van der Waals surface area contributed by atoms with Gasteiger partial charge in [0.05, 0.1) is 6.61 Å². The van der Waals surface area contributed by atoms with Crippen LogP contribution < -0.4 is 4.74 Å². The average molecular weight is 205 g/mol. The highest BCUT2D eigenvalue weighted by atomic mass is 16.5. The molecule has 1 radical (unpaired) electrons. The lowest BCUT2D eigenvalue weighted by Crippen LogP contribution is -1.97. The van der Waals surface area contributed by atoms with Crippen molar-refractivity contribution in [1.29, 1.82) is 0 Å². The van der Waals surface area contributed by atoms with Crippen LogP contribution in [-0.4, -0.2) is 6.61 Å². The molecule has 0 aromatic heterocycles. The number of hydrogen-bond acceptors (Lipinski definition) is 1. The molecule has 0 bridgehead atoms. The molecule has 0 amide bonds. The fourth-order valence-corrected chi connectivity index (χ4v) is 1.42. The molecule has 0 saturated heterocycles. The van der Waals surface area contributed by atoms with E-state index in [0.29, 0.717) is 5.92 Å². The Bertz CT molecular complexity index is 261. The van der Waals surface area contributed by atoms with Gasteiger partial charge >= 0.3 is 0 Å². The molecule has 0 fully saturated rings. The van der Waals surface area contributed by atoms with Crippen molar-refractivity contribution in [2.24, 2.45) is 0 Å². The first kappa shape index (κ1) is 12.1. The minimum absolute atomic E-state index is 0.588. The second kappa shape index (κ2) is 6.49. The second-order valence-corrected chi connectivity index (χ2v) is 4.13. The first-order valence-corrected chi connectivity index (χ1v) is 5.76. The molecule has 0 aliphatic rings. The van der Waals surface area contributed by atoms with E-state index >= 15 is 0 Å². The predicted octanol–water partition coefficient (Wildman–Crippen LogP) is 4.19. The third-order valence-corrected chi connectivity index (χ3v) is 2.46. The average Bonchev–Trinajstić information content (AvgIpc) is 2.25. The molecule has 0 saturated carbocycles. The molecular formula is C14H21O. The Kier molecular flexibility index (Phi) is 5.23. The molecule has 0 heterocycles. The highest BCUT2D eigenvalue weighted by molar-refractivity contribution is 5.28. The van der Waals surface area contributed by atoms with Crippen molar-refractivity contribution in [3.05, 3.63) is 36.8 Å². The van der Waals surface area contributed by atoms with E-state index in [0.717, 1.165) is 31.6 Å². The fraction of sp³-hybridized carbons (Fsp3) is 0.500. The molecule has 1 nitrogen and oxygen atoms in total. The zero-order chi connectivity index (χ0) is 11.1. The number of hydrogen-bond donors (Lipinski definition) is 0. The number of unbranched alkanes of at least 4 members (excludes halogenated alkanes) is 2. The van der Waals surface area contributed by atoms with Crippen molar-refractivity contribution >= 4 is 0 Å². The highest BCUT2D eigenvalue weighted by Crippen LogP contribution is 2.18. The maximum atomic E-state index is 5.62. The molecular weight excluding hydrogens is 184 g/mol. The summed E-state index contributed by atoms with van der Waals surface area (Å²) in [4.78, 5) is 0. The Hall–Kier alpha value is -0.980. The van der Waals surface area contributed by atoms with Gasteiger partial charge in [-0.25, -0.2) is 0 Å². The summed E-state index contributed by atoms with van der Waals surface area (Å²) in [6.07, 6.45) is 3.23. The maximum absolute atomic E-state index is 5.62. The van der Waals surface area contributed by atoms with Gasteiger partial charge in [0.1, 0.15) is 5.75 Å². The lowest BCUT2D eigenvalue weighted by Gasteiger charge is -2.08. The smallest absolute Gasteiger partial charge is 0.119 e. The molecule has 0 aliphatic heterocycles. The Labute approximate surface area is 93.5 Å². The van der Waals surface area contributed by atoms with E-state index in [2.05, 4.69) is 45.0 Å². The summed E-state index contributed by atoms with van der Waals surface area (Å²) in [6.45, 7) is 9.00. The third-order valence-electron chi connectivity index (χ3n) is 2.46. The minimum atomic E-state index is 0.588. The Balaban J connectivity index is 2.36. The zero-order valence-electron chi connectivity index (χ0n) is 9.83. The Morgan fingerprint density at radius 2 is 1.80 bits per heavy atom. The van der Waals surface area contributed by atoms with E-state index < -0.39 is 0 Å². The standard InChI is InChI=1S/C14H21O/c1-4-5-6-11-15-14-9-7-13(8-10-14)12(2)3/h7-10,12H,1,4-6,11H2,2-3H3. The van der Waals surface area contributed by atoms with Gasteiger partial charge in [0.25, 0.3) is 0 Å². The van der Waals surface area contributed by atoms with Gasteiger partial charge in [-0.2, -0.15) is 0 Å². The van der Waals surface area contributed by atoms with Crippen LogP contribution in [0.1, 0.15) is 44.6 Å². The summed E-state index contributed by atoms with van der Waals surface area (Å²) in [5, 5.41) is 0. The summed E-state index contributed by atoms with van der Waals surface area (Å²) in [7, 11) is 0. The largest absolute Gasteiger partial charge is 0.494 e. The zero-order valence-corrected chi connectivity index (χ0v) is 9.83. The highest BCUT2D eigenvalue weighted by Gasteiger charge is 1.98. The van der Waals surface area contributed by atoms with E-state index in [4.69, 9.17) is 4.74 Å². The lowest BCUT2D eigenvalue weighted by molar-refractivity contribution is 0.307. The van der Waals surface area contributed by atoms with E-state index in [1.807, 2.05) is 0 Å². The van der Waals surface area contributed by atoms with Crippen LogP contribution in [0.3, 0.4) is 0 Å². The van der Waals surface area contributed by atoms with E-state index in [1.165, 1.54) is 5.56 Å². The van der Waals surface area contributed by atoms with Crippen LogP contribution >= 0.6 is 0 Å². The Morgan fingerprint density at radius 1 is 1.13 bits per heavy atom. The number of ether oxygens (including phenoxy) is 1. The molecule has 83 valence electrons. The molecule has 0 unspecified atom stereocenters. The van der Waals surface area contributed by atoms with E-state index in [9.17, 15) is 0 Å². The molecule has 0 spiro atoms. The molecule has 0 aliphatic carbocycles. The van der Waals surface area contributed by atoms with Gasteiger partial charge in [0.2, 0.25) is 0 Å². The normalized spacial score (nSPS) is 10.7. The Morgan fingerprint density at radius 3 is 2.33 bits per heavy atom. The molecule has 1 aromatic rings. The summed E-state index contributed by atoms with van der Waals surface area (Å²) >= 11 is 0. The molecule has 0 atom stereocenters. The number of rotatable bonds is 6. The second-order valence-electron chi connectivity index (χ2n) is 4.13. The van der Waals surface area contributed by atoms with Gasteiger partial charge in [0.15, 0.2) is 0 Å². The fourth-order valence-electron chi connectivity index (χ4n) is 1.42. The van der Waals surface area contributed by atoms with Crippen molar-refractivity contribution in [1.82, 2.24) is 0 Å². The van der Waals surface area contributed by atoms with Crippen LogP contribution in [0, 0.1) is 6.92 Å². The molecule has 0 N–H and O–H groups in total. The van der Waals surface area contributed by atoms with E-state index in [1.54, 1.807) is 0 Å². The summed E-state index contributed by atoms with van der Waals surface area (Å²) in [5.41, 5.74) is 1.36. The van der Waals surface area contributed by atoms with Crippen LogP contribution in [0.25, 0.3) is 0 Å². The van der Waals surface area contributed by atoms with Gasteiger partial charge in [-0.15, -0.1) is 0 Å². The summed E-state index contributed by atoms with van der Waals surface area (Å²) in [6, 6.07) is 8.39. The maximum Gasteiger partial charge on any atom is 0.119 e. The molecule has 1 aromatic carbocycles. The van der Waals surface area contributed by atoms with Crippen LogP contribution in [0.5, 0.6) is 5.75 Å². The summed E-state index contributed by atoms with van der Waals surface area (Å²) < 4.78 is 5.62. The van der Waals surface area contributed by atoms with Crippen molar-refractivity contribution in [3.63, 3.8) is 0 Å². The van der Waals surface area contributed by atoms with Gasteiger partial charge < -0.3 is 4.74 Å². The van der Waals surface area contributed by atoms with Crippen LogP contribution in [0.2, 0.25) is 0 Å². The SMILES string of the molecule is [CH2]CCCCOc1ccc(C(C)C)cc1. The van der Waals surface area contributed by atoms with Gasteiger partial charge in [-0.05, 0) is 30.0 Å². The van der Waals surface area contributed by atoms with Crippen LogP contribution in [0.15, 0.2) is 24.3 Å². The topological polar surface area (TPSA) is 9.23 Å². The number of benzene rings is 1.